The smallest absolute Gasteiger partial charge is 0.240 e. The Bertz CT molecular complexity index is 904. The summed E-state index contributed by atoms with van der Waals surface area (Å²) < 4.78 is 29.9. The molecule has 23 heavy (non-hydrogen) atoms. The van der Waals surface area contributed by atoms with Gasteiger partial charge in [-0.3, -0.25) is 0 Å². The largest absolute Gasteiger partial charge is 0.331 e. The zero-order valence-corrected chi connectivity index (χ0v) is 14.7. The number of benzene rings is 2. The molecule has 2 aromatic carbocycles. The summed E-state index contributed by atoms with van der Waals surface area (Å²) in [4.78, 5) is 4.59. The van der Waals surface area contributed by atoms with Gasteiger partial charge in [0.25, 0.3) is 0 Å². The third-order valence-electron chi connectivity index (χ3n) is 3.52. The van der Waals surface area contributed by atoms with Crippen molar-refractivity contribution in [2.45, 2.75) is 17.9 Å². The first-order chi connectivity index (χ1) is 11.1. The molecular formula is C16H16BrN3O2S. The lowest BCUT2D eigenvalue weighted by Gasteiger charge is -2.08. The van der Waals surface area contributed by atoms with Crippen LogP contribution in [0.4, 0.5) is 0 Å². The van der Waals surface area contributed by atoms with E-state index in [1.54, 1.807) is 30.6 Å². The Morgan fingerprint density at radius 2 is 1.83 bits per heavy atom. The normalized spacial score (nSPS) is 11.9. The average Bonchev–Trinajstić information content (AvgIpc) is 2.95. The molecule has 0 unspecified atom stereocenters. The monoisotopic (exact) mass is 393 g/mol. The van der Waals surface area contributed by atoms with E-state index in [1.807, 2.05) is 28.8 Å². The average molecular weight is 394 g/mol. The highest BCUT2D eigenvalue weighted by atomic mass is 79.9. The Hall–Kier alpha value is -1.70. The van der Waals surface area contributed by atoms with Crippen LogP contribution in [0.3, 0.4) is 0 Å². The summed E-state index contributed by atoms with van der Waals surface area (Å²) in [6.45, 7) is 1.09. The zero-order chi connectivity index (χ0) is 16.3. The molecule has 1 heterocycles. The van der Waals surface area contributed by atoms with E-state index in [0.29, 0.717) is 19.5 Å². The summed E-state index contributed by atoms with van der Waals surface area (Å²) in [5.41, 5.74) is 2.01. The van der Waals surface area contributed by atoms with Crippen LogP contribution in [0, 0.1) is 0 Å². The maximum atomic E-state index is 12.2. The van der Waals surface area contributed by atoms with Crippen LogP contribution < -0.4 is 4.72 Å². The van der Waals surface area contributed by atoms with Crippen LogP contribution >= 0.6 is 15.9 Å². The molecule has 0 spiro atoms. The maximum absolute atomic E-state index is 12.2. The summed E-state index contributed by atoms with van der Waals surface area (Å²) in [5, 5.41) is 0. The van der Waals surface area contributed by atoms with Crippen molar-refractivity contribution < 1.29 is 8.42 Å². The first-order valence-electron chi connectivity index (χ1n) is 7.21. The second-order valence-electron chi connectivity index (χ2n) is 5.13. The fraction of sp³-hybridized carbons (Fsp3) is 0.188. The third-order valence-corrected chi connectivity index (χ3v) is 5.52. The Labute approximate surface area is 143 Å². The van der Waals surface area contributed by atoms with Crippen LogP contribution in [0.1, 0.15) is 6.42 Å². The fourth-order valence-corrected chi connectivity index (χ4v) is 3.68. The SMILES string of the molecule is O=S(=O)(NCCCn1cnc2ccccc21)c1ccc(Br)cc1. The maximum Gasteiger partial charge on any atom is 0.240 e. The highest BCUT2D eigenvalue weighted by Crippen LogP contribution is 2.15. The summed E-state index contributed by atoms with van der Waals surface area (Å²) in [6, 6.07) is 14.5. The first kappa shape index (κ1) is 16.2. The standard InChI is InChI=1S/C16H16BrN3O2S/c17-13-6-8-14(9-7-13)23(21,22)19-10-3-11-20-12-18-15-4-1-2-5-16(15)20/h1-2,4-9,12,19H,3,10-11H2. The summed E-state index contributed by atoms with van der Waals surface area (Å²) in [5.74, 6) is 0. The number of halogens is 1. The minimum absolute atomic E-state index is 0.272. The number of hydrogen-bond acceptors (Lipinski definition) is 3. The van der Waals surface area contributed by atoms with Crippen LogP contribution in [0.25, 0.3) is 11.0 Å². The predicted molar refractivity (Wildman–Crippen MR) is 93.7 cm³/mol. The highest BCUT2D eigenvalue weighted by molar-refractivity contribution is 9.10. The quantitative estimate of drug-likeness (QED) is 0.654. The Morgan fingerprint density at radius 1 is 1.09 bits per heavy atom. The molecule has 1 N–H and O–H groups in total. The van der Waals surface area contributed by atoms with Gasteiger partial charge in [-0.2, -0.15) is 0 Å². The molecule has 0 amide bonds. The van der Waals surface area contributed by atoms with Gasteiger partial charge in [-0.05, 0) is 42.8 Å². The van der Waals surface area contributed by atoms with Crippen molar-refractivity contribution in [2.24, 2.45) is 0 Å². The third kappa shape index (κ3) is 3.80. The molecule has 3 rings (SSSR count). The molecule has 0 fully saturated rings. The van der Waals surface area contributed by atoms with Crippen molar-refractivity contribution in [1.29, 1.82) is 0 Å². The van der Waals surface area contributed by atoms with Crippen LogP contribution in [-0.4, -0.2) is 24.5 Å². The predicted octanol–water partition coefficient (Wildman–Crippen LogP) is 3.17. The van der Waals surface area contributed by atoms with Crippen molar-refractivity contribution in [2.75, 3.05) is 6.54 Å². The zero-order valence-electron chi connectivity index (χ0n) is 12.3. The highest BCUT2D eigenvalue weighted by Gasteiger charge is 2.12. The van der Waals surface area contributed by atoms with Gasteiger partial charge in [0.15, 0.2) is 0 Å². The molecule has 1 aromatic heterocycles. The fourth-order valence-electron chi connectivity index (χ4n) is 2.34. The number of para-hydroxylation sites is 2. The van der Waals surface area contributed by atoms with Crippen LogP contribution in [0.15, 0.2) is 64.2 Å². The molecule has 120 valence electrons. The van der Waals surface area contributed by atoms with E-state index >= 15 is 0 Å². The van der Waals surface area contributed by atoms with E-state index in [2.05, 4.69) is 25.6 Å². The molecule has 0 bridgehead atoms. The van der Waals surface area contributed by atoms with Gasteiger partial charge in [-0.25, -0.2) is 18.1 Å². The number of nitrogens with one attached hydrogen (secondary N) is 1. The molecule has 0 saturated heterocycles. The topological polar surface area (TPSA) is 64.0 Å². The molecule has 5 nitrogen and oxygen atoms in total. The van der Waals surface area contributed by atoms with Crippen molar-refractivity contribution in [3.8, 4) is 0 Å². The molecule has 3 aromatic rings. The molecule has 7 heteroatoms. The molecule has 0 atom stereocenters. The number of aromatic nitrogens is 2. The molecular weight excluding hydrogens is 378 g/mol. The lowest BCUT2D eigenvalue weighted by molar-refractivity contribution is 0.571. The number of sulfonamides is 1. The number of hydrogen-bond donors (Lipinski definition) is 1. The van der Waals surface area contributed by atoms with Crippen molar-refractivity contribution in [1.82, 2.24) is 14.3 Å². The number of imidazole rings is 1. The van der Waals surface area contributed by atoms with E-state index in [4.69, 9.17) is 0 Å². The summed E-state index contributed by atoms with van der Waals surface area (Å²) >= 11 is 3.29. The van der Waals surface area contributed by atoms with Crippen LogP contribution in [-0.2, 0) is 16.6 Å². The van der Waals surface area contributed by atoms with Gasteiger partial charge in [0.1, 0.15) is 0 Å². The Balaban J connectivity index is 1.58. The van der Waals surface area contributed by atoms with Crippen molar-refractivity contribution >= 4 is 37.0 Å². The van der Waals surface area contributed by atoms with E-state index in [-0.39, 0.29) is 4.90 Å². The van der Waals surface area contributed by atoms with Gasteiger partial charge < -0.3 is 4.57 Å². The number of rotatable bonds is 6. The Morgan fingerprint density at radius 3 is 2.61 bits per heavy atom. The first-order valence-corrected chi connectivity index (χ1v) is 9.49. The second-order valence-corrected chi connectivity index (χ2v) is 7.81. The van der Waals surface area contributed by atoms with Crippen LogP contribution in [0.5, 0.6) is 0 Å². The van der Waals surface area contributed by atoms with E-state index in [1.165, 1.54) is 0 Å². The molecule has 0 aliphatic carbocycles. The lowest BCUT2D eigenvalue weighted by Crippen LogP contribution is -2.25. The number of fused-ring (bicyclic) bond motifs is 1. The van der Waals surface area contributed by atoms with Crippen LogP contribution in [0.2, 0.25) is 0 Å². The molecule has 0 aliphatic heterocycles. The minimum atomic E-state index is -3.46. The van der Waals surface area contributed by atoms with E-state index < -0.39 is 10.0 Å². The van der Waals surface area contributed by atoms with Gasteiger partial charge in [-0.1, -0.05) is 28.1 Å². The second kappa shape index (κ2) is 6.82. The van der Waals surface area contributed by atoms with Gasteiger partial charge >= 0.3 is 0 Å². The number of nitrogens with zero attached hydrogens (tertiary/aromatic N) is 2. The minimum Gasteiger partial charge on any atom is -0.331 e. The van der Waals surface area contributed by atoms with E-state index in [0.717, 1.165) is 15.5 Å². The molecule has 0 aliphatic rings. The van der Waals surface area contributed by atoms with Gasteiger partial charge in [0.05, 0.1) is 22.3 Å². The molecule has 0 saturated carbocycles. The van der Waals surface area contributed by atoms with E-state index in [9.17, 15) is 8.42 Å². The van der Waals surface area contributed by atoms with Crippen molar-refractivity contribution in [3.63, 3.8) is 0 Å². The molecule has 0 radical (unpaired) electrons. The Kier molecular flexibility index (Phi) is 4.79. The van der Waals surface area contributed by atoms with Gasteiger partial charge in [0.2, 0.25) is 10.0 Å². The van der Waals surface area contributed by atoms with Gasteiger partial charge in [-0.15, -0.1) is 0 Å². The van der Waals surface area contributed by atoms with Gasteiger partial charge in [0, 0.05) is 17.6 Å². The summed E-state index contributed by atoms with van der Waals surface area (Å²) in [6.07, 6.45) is 2.48. The summed E-state index contributed by atoms with van der Waals surface area (Å²) in [7, 11) is -3.46. The van der Waals surface area contributed by atoms with Crippen molar-refractivity contribution in [3.05, 3.63) is 59.3 Å². The number of aryl methyl sites for hydroxylation is 1. The lowest BCUT2D eigenvalue weighted by atomic mass is 10.3.